The molecule has 1 aromatic heterocycles. The molecule has 1 saturated heterocycles. The maximum atomic E-state index is 9.77. The van der Waals surface area contributed by atoms with Gasteiger partial charge in [0.2, 0.25) is 0 Å². The fourth-order valence-corrected chi connectivity index (χ4v) is 2.22. The molecule has 3 atom stereocenters. The first-order chi connectivity index (χ1) is 10.0. The van der Waals surface area contributed by atoms with E-state index in [1.165, 1.54) is 16.8 Å². The molecule has 0 bridgehead atoms. The molecule has 0 amide bonds. The summed E-state index contributed by atoms with van der Waals surface area (Å²) in [6.07, 6.45) is -0.492. The van der Waals surface area contributed by atoms with E-state index in [4.69, 9.17) is 31.7 Å². The van der Waals surface area contributed by atoms with E-state index in [-0.39, 0.29) is 43.9 Å². The molecule has 124 valence electrons. The minimum absolute atomic E-state index is 0. The van der Waals surface area contributed by atoms with Crippen molar-refractivity contribution in [2.75, 3.05) is 6.61 Å². The summed E-state index contributed by atoms with van der Waals surface area (Å²) < 4.78 is 6.99. The largest absolute Gasteiger partial charge is 0.409 e. The van der Waals surface area contributed by atoms with Crippen LogP contribution in [-0.4, -0.2) is 55.7 Å². The minimum Gasteiger partial charge on any atom is -0.409 e. The lowest BCUT2D eigenvalue weighted by atomic mass is 10.2. The number of oxime groups is 2. The molecule has 11 heteroatoms. The second-order valence-corrected chi connectivity index (χ2v) is 4.61. The number of nitrogens with zero attached hydrogens (tertiary/aromatic N) is 3. The van der Waals surface area contributed by atoms with Crippen LogP contribution in [-0.2, 0) is 4.74 Å². The number of amidine groups is 2. The first kappa shape index (κ1) is 18.1. The lowest BCUT2D eigenvalue weighted by molar-refractivity contribution is -0.0444. The molecule has 2 rings (SSSR count). The normalized spacial score (nSPS) is 26.0. The molecule has 2 heterocycles. The summed E-state index contributed by atoms with van der Waals surface area (Å²) in [6.45, 7) is -0.328. The quantitative estimate of drug-likeness (QED) is 0.167. The van der Waals surface area contributed by atoms with Gasteiger partial charge < -0.3 is 41.4 Å². The first-order valence-corrected chi connectivity index (χ1v) is 6.13. The molecule has 10 nitrogen and oxygen atoms in total. The summed E-state index contributed by atoms with van der Waals surface area (Å²) in [5.41, 5.74) is 11.7. The van der Waals surface area contributed by atoms with Crippen LogP contribution in [0.1, 0.15) is 23.9 Å². The Labute approximate surface area is 132 Å². The van der Waals surface area contributed by atoms with Gasteiger partial charge in [-0.1, -0.05) is 10.3 Å². The van der Waals surface area contributed by atoms with Gasteiger partial charge in [0.15, 0.2) is 11.7 Å². The first-order valence-electron chi connectivity index (χ1n) is 6.13. The zero-order valence-electron chi connectivity index (χ0n) is 11.5. The highest BCUT2D eigenvalue weighted by atomic mass is 32.1. The highest BCUT2D eigenvalue weighted by Gasteiger charge is 2.35. The third-order valence-corrected chi connectivity index (χ3v) is 3.32. The topological polar surface area (TPSA) is 172 Å². The zero-order valence-corrected chi connectivity index (χ0v) is 12.5. The fourth-order valence-electron chi connectivity index (χ4n) is 2.22. The van der Waals surface area contributed by atoms with Crippen molar-refractivity contribution in [3.8, 4) is 0 Å². The van der Waals surface area contributed by atoms with E-state index in [9.17, 15) is 5.11 Å². The Balaban J connectivity index is 0.00000242. The van der Waals surface area contributed by atoms with E-state index in [0.29, 0.717) is 5.56 Å². The standard InChI is InChI=1S/C11H17N5O5.H2S/c12-10(14-19)5-1-6(11(13)15-20)16(3-5)9-2-7(18)8(4-17)21-9;/h1,3,7-9,17-20H,2,4H2,(H2,12,14)(H2,13,15);1H2/t7-,8?,9?;/m0./s1. The monoisotopic (exact) mass is 333 g/mol. The summed E-state index contributed by atoms with van der Waals surface area (Å²) in [5, 5.41) is 42.2. The number of aliphatic hydroxyl groups is 2. The van der Waals surface area contributed by atoms with Crippen molar-refractivity contribution in [3.05, 3.63) is 23.5 Å². The van der Waals surface area contributed by atoms with Crippen LogP contribution in [0.3, 0.4) is 0 Å². The van der Waals surface area contributed by atoms with Gasteiger partial charge in [-0.2, -0.15) is 13.5 Å². The van der Waals surface area contributed by atoms with Crippen molar-refractivity contribution in [1.29, 1.82) is 0 Å². The SMILES string of the molecule is NC(=NO)c1cc(C(N)=NO)n(C2C[C@H](O)C(CO)O2)c1.S. The van der Waals surface area contributed by atoms with Crippen LogP contribution in [0.4, 0.5) is 0 Å². The van der Waals surface area contributed by atoms with Crippen LogP contribution >= 0.6 is 13.5 Å². The molecule has 1 fully saturated rings. The number of aliphatic hydroxyl groups excluding tert-OH is 2. The number of nitrogens with two attached hydrogens (primary N) is 2. The van der Waals surface area contributed by atoms with Crippen molar-refractivity contribution in [3.63, 3.8) is 0 Å². The van der Waals surface area contributed by atoms with E-state index < -0.39 is 18.4 Å². The van der Waals surface area contributed by atoms with Crippen LogP contribution in [0.5, 0.6) is 0 Å². The van der Waals surface area contributed by atoms with E-state index in [1.807, 2.05) is 0 Å². The average Bonchev–Trinajstić information content (AvgIpc) is 3.08. The van der Waals surface area contributed by atoms with Crippen molar-refractivity contribution in [1.82, 2.24) is 4.57 Å². The maximum absolute atomic E-state index is 9.77. The minimum atomic E-state index is -0.838. The van der Waals surface area contributed by atoms with Crippen molar-refractivity contribution >= 4 is 25.2 Å². The lowest BCUT2D eigenvalue weighted by Crippen LogP contribution is -2.24. The van der Waals surface area contributed by atoms with Gasteiger partial charge in [-0.25, -0.2) is 0 Å². The molecular formula is C11H19N5O5S. The van der Waals surface area contributed by atoms with Gasteiger partial charge in [0.25, 0.3) is 0 Å². The molecule has 22 heavy (non-hydrogen) atoms. The van der Waals surface area contributed by atoms with Gasteiger partial charge >= 0.3 is 0 Å². The maximum Gasteiger partial charge on any atom is 0.186 e. The van der Waals surface area contributed by atoms with Crippen LogP contribution < -0.4 is 11.5 Å². The van der Waals surface area contributed by atoms with Crippen LogP contribution in [0.15, 0.2) is 22.6 Å². The van der Waals surface area contributed by atoms with Crippen LogP contribution in [0.25, 0.3) is 0 Å². The molecule has 8 N–H and O–H groups in total. The molecule has 1 aromatic rings. The van der Waals surface area contributed by atoms with Gasteiger partial charge in [0.1, 0.15) is 12.3 Å². The van der Waals surface area contributed by atoms with Crippen LogP contribution in [0, 0.1) is 0 Å². The highest BCUT2D eigenvalue weighted by Crippen LogP contribution is 2.30. The molecule has 0 radical (unpaired) electrons. The summed E-state index contributed by atoms with van der Waals surface area (Å²) in [6, 6.07) is 1.45. The molecule has 0 aliphatic carbocycles. The highest BCUT2D eigenvalue weighted by molar-refractivity contribution is 7.59. The predicted octanol–water partition coefficient (Wildman–Crippen LogP) is -1.57. The fraction of sp³-hybridized carbons (Fsp3) is 0.455. The molecule has 2 unspecified atom stereocenters. The van der Waals surface area contributed by atoms with Gasteiger partial charge in [0.05, 0.1) is 18.4 Å². The van der Waals surface area contributed by atoms with Crippen molar-refractivity contribution in [2.24, 2.45) is 21.8 Å². The van der Waals surface area contributed by atoms with E-state index in [2.05, 4.69) is 10.3 Å². The Morgan fingerprint density at radius 2 is 1.95 bits per heavy atom. The Bertz CT molecular complexity index is 575. The van der Waals surface area contributed by atoms with Crippen molar-refractivity contribution in [2.45, 2.75) is 24.9 Å². The second-order valence-electron chi connectivity index (χ2n) is 4.61. The lowest BCUT2D eigenvalue weighted by Gasteiger charge is -2.16. The number of ether oxygens (including phenoxy) is 1. The number of hydrogen-bond donors (Lipinski definition) is 6. The Hall–Kier alpha value is -1.95. The summed E-state index contributed by atoms with van der Waals surface area (Å²) >= 11 is 0. The Morgan fingerprint density at radius 3 is 2.45 bits per heavy atom. The molecule has 0 spiro atoms. The smallest absolute Gasteiger partial charge is 0.186 e. The number of aromatic nitrogens is 1. The van der Waals surface area contributed by atoms with Gasteiger partial charge in [-0.15, -0.1) is 0 Å². The van der Waals surface area contributed by atoms with E-state index in [1.54, 1.807) is 0 Å². The van der Waals surface area contributed by atoms with Crippen molar-refractivity contribution < 1.29 is 25.4 Å². The van der Waals surface area contributed by atoms with Gasteiger partial charge in [-0.3, -0.25) is 0 Å². The average molecular weight is 333 g/mol. The molecule has 0 aromatic carbocycles. The molecule has 1 aliphatic rings. The Kier molecular flexibility index (Phi) is 6.05. The van der Waals surface area contributed by atoms with E-state index in [0.717, 1.165) is 0 Å². The van der Waals surface area contributed by atoms with Gasteiger partial charge in [-0.05, 0) is 6.07 Å². The van der Waals surface area contributed by atoms with E-state index >= 15 is 0 Å². The second kappa shape index (κ2) is 7.35. The predicted molar refractivity (Wildman–Crippen MR) is 81.5 cm³/mol. The number of rotatable bonds is 4. The molecule has 1 aliphatic heterocycles. The zero-order chi connectivity index (χ0) is 15.6. The van der Waals surface area contributed by atoms with Crippen LogP contribution in [0.2, 0.25) is 0 Å². The molecule has 0 saturated carbocycles. The summed E-state index contributed by atoms with van der Waals surface area (Å²) in [4.78, 5) is 0. The number of hydrogen-bond acceptors (Lipinski definition) is 7. The molecular weight excluding hydrogens is 314 g/mol. The third kappa shape index (κ3) is 3.27. The summed E-state index contributed by atoms with van der Waals surface area (Å²) in [5.74, 6) is -0.351. The summed E-state index contributed by atoms with van der Waals surface area (Å²) in [7, 11) is 0. The third-order valence-electron chi connectivity index (χ3n) is 3.32. The Morgan fingerprint density at radius 1 is 1.32 bits per heavy atom. The van der Waals surface area contributed by atoms with Gasteiger partial charge in [0, 0.05) is 18.2 Å².